The lowest BCUT2D eigenvalue weighted by Gasteiger charge is -2.35. The summed E-state index contributed by atoms with van der Waals surface area (Å²) < 4.78 is 6.02. The summed E-state index contributed by atoms with van der Waals surface area (Å²) >= 11 is 0. The van der Waals surface area contributed by atoms with Gasteiger partial charge >= 0.3 is 6.03 Å². The number of carbonyl (C=O) groups is 1. The maximum absolute atomic E-state index is 11.4. The van der Waals surface area contributed by atoms with Gasteiger partial charge < -0.3 is 15.8 Å². The highest BCUT2D eigenvalue weighted by molar-refractivity contribution is 5.72. The minimum atomic E-state index is -0.947. The van der Waals surface area contributed by atoms with Gasteiger partial charge in [0.15, 0.2) is 5.66 Å². The van der Waals surface area contributed by atoms with E-state index in [1.165, 1.54) is 0 Å². The third-order valence-electron chi connectivity index (χ3n) is 2.87. The molecule has 1 aromatic rings. The van der Waals surface area contributed by atoms with E-state index < -0.39 is 17.3 Å². The largest absolute Gasteiger partial charge is 0.488 e. The maximum atomic E-state index is 11.4. The first-order valence-electron chi connectivity index (χ1n) is 7.67. The van der Waals surface area contributed by atoms with Crippen LogP contribution >= 0.6 is 0 Å². The fourth-order valence-corrected chi connectivity index (χ4v) is 2.30. The molecule has 6 nitrogen and oxygen atoms in total. The van der Waals surface area contributed by atoms with Crippen LogP contribution in [0.3, 0.4) is 0 Å². The van der Waals surface area contributed by atoms with Crippen molar-refractivity contribution in [3.63, 3.8) is 0 Å². The van der Waals surface area contributed by atoms with Crippen LogP contribution in [0.1, 0.15) is 48.0 Å². The van der Waals surface area contributed by atoms with Crippen LogP contribution in [0, 0.1) is 0 Å². The molecule has 1 atom stereocenters. The van der Waals surface area contributed by atoms with Gasteiger partial charge in [-0.1, -0.05) is 18.2 Å². The van der Waals surface area contributed by atoms with Crippen molar-refractivity contribution in [1.82, 2.24) is 5.32 Å². The number of nitrogens with two attached hydrogens (primary N) is 1. The summed E-state index contributed by atoms with van der Waals surface area (Å²) in [7, 11) is 0. The number of urea groups is 1. The van der Waals surface area contributed by atoms with Crippen molar-refractivity contribution in [2.45, 2.75) is 64.8 Å². The standard InChI is InChI=1S/C17H28N4O2/c1-15(2,3)20-21-17(6,19-14(18)22)12-16(4,5)23-13-10-8-7-9-11-13/h7-11H,12H2,1-6H3,(H3,18,19,22)/b21-20+. The molecule has 0 aliphatic rings. The Balaban J connectivity index is 2.94. The number of carbonyl (C=O) groups excluding carboxylic acids is 1. The molecule has 0 fully saturated rings. The van der Waals surface area contributed by atoms with Gasteiger partial charge in [0.2, 0.25) is 0 Å². The molecule has 0 aliphatic carbocycles. The SMILES string of the molecule is CC(C)(C)/N=N/C(C)(CC(C)(C)Oc1ccccc1)NC(N)=O. The monoisotopic (exact) mass is 320 g/mol. The number of para-hydroxylation sites is 1. The predicted molar refractivity (Wildman–Crippen MR) is 91.5 cm³/mol. The maximum Gasteiger partial charge on any atom is 0.314 e. The first kappa shape index (κ1) is 18.9. The molecule has 0 bridgehead atoms. The number of ether oxygens (including phenoxy) is 1. The number of nitrogens with one attached hydrogen (secondary N) is 1. The van der Waals surface area contributed by atoms with Gasteiger partial charge in [-0.25, -0.2) is 4.79 Å². The molecule has 1 unspecified atom stereocenters. The van der Waals surface area contributed by atoms with E-state index in [-0.39, 0.29) is 5.54 Å². The van der Waals surface area contributed by atoms with E-state index in [1.807, 2.05) is 65.0 Å². The molecule has 0 aliphatic heterocycles. The fourth-order valence-electron chi connectivity index (χ4n) is 2.30. The number of primary amides is 1. The third kappa shape index (κ3) is 7.63. The van der Waals surface area contributed by atoms with E-state index in [2.05, 4.69) is 15.5 Å². The van der Waals surface area contributed by atoms with Crippen molar-refractivity contribution < 1.29 is 9.53 Å². The Kier molecular flexibility index (Phi) is 5.75. The molecule has 3 N–H and O–H groups in total. The van der Waals surface area contributed by atoms with E-state index in [1.54, 1.807) is 6.92 Å². The minimum absolute atomic E-state index is 0.342. The molecule has 1 rings (SSSR count). The van der Waals surface area contributed by atoms with Gasteiger partial charge in [-0.15, -0.1) is 0 Å². The molecular weight excluding hydrogens is 292 g/mol. The van der Waals surface area contributed by atoms with Crippen LogP contribution in [0.2, 0.25) is 0 Å². The number of azo groups is 1. The van der Waals surface area contributed by atoms with Gasteiger partial charge in [0.1, 0.15) is 11.4 Å². The zero-order valence-corrected chi connectivity index (χ0v) is 14.9. The molecule has 1 aromatic carbocycles. The van der Waals surface area contributed by atoms with Crippen LogP contribution in [0.4, 0.5) is 4.79 Å². The second kappa shape index (κ2) is 6.98. The Morgan fingerprint density at radius 2 is 1.65 bits per heavy atom. The van der Waals surface area contributed by atoms with Gasteiger partial charge in [0.25, 0.3) is 0 Å². The fraction of sp³-hybridized carbons (Fsp3) is 0.588. The quantitative estimate of drug-likeness (QED) is 0.779. The average Bonchev–Trinajstić information content (AvgIpc) is 2.34. The first-order chi connectivity index (χ1) is 10.4. The van der Waals surface area contributed by atoms with Crippen LogP contribution in [0.25, 0.3) is 0 Å². The topological polar surface area (TPSA) is 89.1 Å². The van der Waals surface area contributed by atoms with E-state index in [4.69, 9.17) is 10.5 Å². The first-order valence-corrected chi connectivity index (χ1v) is 7.67. The van der Waals surface area contributed by atoms with E-state index >= 15 is 0 Å². The van der Waals surface area contributed by atoms with E-state index in [0.29, 0.717) is 6.42 Å². The molecule has 0 saturated carbocycles. The van der Waals surface area contributed by atoms with E-state index in [9.17, 15) is 4.79 Å². The number of hydrogen-bond acceptors (Lipinski definition) is 4. The predicted octanol–water partition coefficient (Wildman–Crippen LogP) is 3.87. The highest BCUT2D eigenvalue weighted by Crippen LogP contribution is 2.28. The Labute approximate surface area is 138 Å². The Hall–Kier alpha value is -2.11. The van der Waals surface area contributed by atoms with Crippen LogP contribution in [0.5, 0.6) is 5.75 Å². The van der Waals surface area contributed by atoms with Crippen molar-refractivity contribution >= 4 is 6.03 Å². The lowest BCUT2D eigenvalue weighted by atomic mass is 9.95. The average molecular weight is 320 g/mol. The smallest absolute Gasteiger partial charge is 0.314 e. The van der Waals surface area contributed by atoms with Gasteiger partial charge in [-0.2, -0.15) is 10.2 Å². The van der Waals surface area contributed by atoms with Gasteiger partial charge in [0.05, 0.1) is 5.54 Å². The lowest BCUT2D eigenvalue weighted by Crippen LogP contribution is -2.52. The number of rotatable bonds is 6. The van der Waals surface area contributed by atoms with Crippen molar-refractivity contribution in [3.05, 3.63) is 30.3 Å². The molecule has 128 valence electrons. The molecule has 0 aromatic heterocycles. The van der Waals surface area contributed by atoms with Gasteiger partial charge in [-0.05, 0) is 53.7 Å². The highest BCUT2D eigenvalue weighted by Gasteiger charge is 2.35. The Bertz CT molecular complexity index is 549. The molecule has 6 heteroatoms. The zero-order chi connectivity index (χ0) is 17.7. The van der Waals surface area contributed by atoms with Crippen LogP contribution in [-0.4, -0.2) is 22.8 Å². The summed E-state index contributed by atoms with van der Waals surface area (Å²) in [6, 6.07) is 8.87. The minimum Gasteiger partial charge on any atom is -0.488 e. The summed E-state index contributed by atoms with van der Waals surface area (Å²) in [6.07, 6.45) is 0.414. The number of amides is 2. The molecule has 0 spiro atoms. The second-order valence-corrected chi connectivity index (χ2v) is 7.49. The molecule has 0 heterocycles. The van der Waals surface area contributed by atoms with Crippen LogP contribution < -0.4 is 15.8 Å². The van der Waals surface area contributed by atoms with Crippen LogP contribution in [-0.2, 0) is 0 Å². The van der Waals surface area contributed by atoms with Crippen LogP contribution in [0.15, 0.2) is 40.6 Å². The second-order valence-electron chi connectivity index (χ2n) is 7.49. The molecule has 0 radical (unpaired) electrons. The van der Waals surface area contributed by atoms with Gasteiger partial charge in [0, 0.05) is 6.42 Å². The van der Waals surface area contributed by atoms with Crippen molar-refractivity contribution in [2.24, 2.45) is 16.0 Å². The number of benzene rings is 1. The Morgan fingerprint density at radius 3 is 2.13 bits per heavy atom. The summed E-state index contributed by atoms with van der Waals surface area (Å²) in [4.78, 5) is 11.4. The van der Waals surface area contributed by atoms with Crippen molar-refractivity contribution in [3.8, 4) is 5.75 Å². The molecule has 2 amide bonds. The normalized spacial score (nSPS) is 15.2. The highest BCUT2D eigenvalue weighted by atomic mass is 16.5. The van der Waals surface area contributed by atoms with E-state index in [0.717, 1.165) is 5.75 Å². The number of nitrogens with zero attached hydrogens (tertiary/aromatic N) is 2. The van der Waals surface area contributed by atoms with Crippen molar-refractivity contribution in [2.75, 3.05) is 0 Å². The zero-order valence-electron chi connectivity index (χ0n) is 14.9. The summed E-state index contributed by atoms with van der Waals surface area (Å²) in [5.41, 5.74) is 3.43. The Morgan fingerprint density at radius 1 is 1.09 bits per heavy atom. The molecule has 0 saturated heterocycles. The summed E-state index contributed by atoms with van der Waals surface area (Å²) in [6.45, 7) is 11.5. The third-order valence-corrected chi connectivity index (χ3v) is 2.87. The molecule has 23 heavy (non-hydrogen) atoms. The van der Waals surface area contributed by atoms with Crippen molar-refractivity contribution in [1.29, 1.82) is 0 Å². The van der Waals surface area contributed by atoms with Gasteiger partial charge in [-0.3, -0.25) is 0 Å². The number of hydrogen-bond donors (Lipinski definition) is 2. The molecular formula is C17H28N4O2. The lowest BCUT2D eigenvalue weighted by molar-refractivity contribution is 0.0674. The summed E-state index contributed by atoms with van der Waals surface area (Å²) in [5, 5.41) is 11.3. The summed E-state index contributed by atoms with van der Waals surface area (Å²) in [5.74, 6) is 0.756.